The van der Waals surface area contributed by atoms with Gasteiger partial charge in [-0.15, -0.1) is 0 Å². The first-order chi connectivity index (χ1) is 19.1. The molecule has 1 atom stereocenters. The van der Waals surface area contributed by atoms with Crippen LogP contribution in [0.4, 0.5) is 17.1 Å². The number of nitrogens with zero attached hydrogens (tertiary/aromatic N) is 2. The second kappa shape index (κ2) is 13.3. The Balaban J connectivity index is 1.84. The largest absolute Gasteiger partial charge is 0.612 e. The second-order valence-corrected chi connectivity index (χ2v) is 9.34. The van der Waals surface area contributed by atoms with Crippen LogP contribution in [0.25, 0.3) is 6.08 Å². The van der Waals surface area contributed by atoms with Gasteiger partial charge in [0.2, 0.25) is 0 Å². The van der Waals surface area contributed by atoms with E-state index in [1.807, 2.05) is 0 Å². The summed E-state index contributed by atoms with van der Waals surface area (Å²) >= 11 is -1.51. The van der Waals surface area contributed by atoms with E-state index in [-0.39, 0.29) is 22.8 Å². The minimum Gasteiger partial charge on any atom is -0.612 e. The molecule has 1 amide bonds. The Morgan fingerprint density at radius 2 is 1.43 bits per heavy atom. The molecule has 0 fully saturated rings. The fourth-order valence-electron chi connectivity index (χ4n) is 3.63. The standard InChI is InChI=1S/C26H25N3O10S/c1-36-20-13-24(38-3)21(25(14-20)39-4)7-8-40(35)15-16-5-6-23(37-2)22(9-16)27-26(30)17-10-18(28(31)32)12-19(11-17)29(33)34/h5-14H,15H2,1-4H3,(H,27,30)/b8-7+. The van der Waals surface area contributed by atoms with Crippen molar-refractivity contribution in [3.05, 3.63) is 90.9 Å². The molecular formula is C26H25N3O10S. The van der Waals surface area contributed by atoms with Crippen LogP contribution in [0.2, 0.25) is 0 Å². The number of non-ortho nitro benzene ring substituents is 2. The van der Waals surface area contributed by atoms with Crippen molar-refractivity contribution >= 4 is 40.2 Å². The van der Waals surface area contributed by atoms with Crippen LogP contribution in [0.5, 0.6) is 23.0 Å². The van der Waals surface area contributed by atoms with Crippen molar-refractivity contribution in [3.63, 3.8) is 0 Å². The monoisotopic (exact) mass is 571 g/mol. The summed E-state index contributed by atoms with van der Waals surface area (Å²) in [6.45, 7) is 0. The molecule has 0 saturated carbocycles. The Hall–Kier alpha value is -4.82. The molecule has 13 nitrogen and oxygen atoms in total. The van der Waals surface area contributed by atoms with Crippen LogP contribution in [0, 0.1) is 20.2 Å². The maximum atomic E-state index is 12.9. The van der Waals surface area contributed by atoms with E-state index >= 15 is 0 Å². The van der Waals surface area contributed by atoms with Crippen molar-refractivity contribution in [1.82, 2.24) is 0 Å². The van der Waals surface area contributed by atoms with E-state index in [9.17, 15) is 29.6 Å². The minimum atomic E-state index is -1.51. The normalized spacial score (nSPS) is 11.5. The molecule has 0 spiro atoms. The number of carbonyl (C=O) groups is 1. The Morgan fingerprint density at radius 3 is 1.93 bits per heavy atom. The number of nitrogens with one attached hydrogen (secondary N) is 1. The molecule has 210 valence electrons. The van der Waals surface area contributed by atoms with Crippen molar-refractivity contribution < 1.29 is 38.1 Å². The highest BCUT2D eigenvalue weighted by atomic mass is 32.2. The summed E-state index contributed by atoms with van der Waals surface area (Å²) in [7, 11) is 5.86. The summed E-state index contributed by atoms with van der Waals surface area (Å²) in [5, 5.41) is 26.4. The van der Waals surface area contributed by atoms with E-state index in [4.69, 9.17) is 18.9 Å². The molecule has 1 unspecified atom stereocenters. The highest BCUT2D eigenvalue weighted by Crippen LogP contribution is 2.35. The van der Waals surface area contributed by atoms with E-state index in [0.717, 1.165) is 18.2 Å². The van der Waals surface area contributed by atoms with Gasteiger partial charge in [-0.05, 0) is 23.3 Å². The van der Waals surface area contributed by atoms with Gasteiger partial charge in [-0.1, -0.05) is 6.07 Å². The van der Waals surface area contributed by atoms with Crippen molar-refractivity contribution in [2.45, 2.75) is 5.75 Å². The number of hydrogen-bond donors (Lipinski definition) is 1. The Kier molecular flexibility index (Phi) is 9.89. The quantitative estimate of drug-likeness (QED) is 0.182. The van der Waals surface area contributed by atoms with Gasteiger partial charge in [-0.2, -0.15) is 0 Å². The highest BCUT2D eigenvalue weighted by molar-refractivity contribution is 7.93. The summed E-state index contributed by atoms with van der Waals surface area (Å²) in [4.78, 5) is 33.6. The minimum absolute atomic E-state index is 0.0619. The lowest BCUT2D eigenvalue weighted by Gasteiger charge is -2.14. The number of methoxy groups -OCH3 is 4. The molecule has 0 aliphatic heterocycles. The Labute approximate surface area is 231 Å². The molecule has 0 radical (unpaired) electrons. The lowest BCUT2D eigenvalue weighted by Crippen LogP contribution is -2.14. The third kappa shape index (κ3) is 7.18. The van der Waals surface area contributed by atoms with Crippen LogP contribution >= 0.6 is 0 Å². The molecule has 0 aromatic heterocycles. The number of rotatable bonds is 12. The van der Waals surface area contributed by atoms with Gasteiger partial charge in [0.15, 0.2) is 0 Å². The number of carbonyl (C=O) groups excluding carboxylic acids is 1. The Bertz CT molecular complexity index is 1400. The lowest BCUT2D eigenvalue weighted by atomic mass is 10.1. The Morgan fingerprint density at radius 1 is 0.850 bits per heavy atom. The van der Waals surface area contributed by atoms with E-state index in [2.05, 4.69) is 5.32 Å². The maximum Gasteiger partial charge on any atom is 0.277 e. The fraction of sp³-hybridized carbons (Fsp3) is 0.192. The summed E-state index contributed by atoms with van der Waals surface area (Å²) in [5.74, 6) is 0.931. The smallest absolute Gasteiger partial charge is 0.277 e. The van der Waals surface area contributed by atoms with Crippen molar-refractivity contribution in [2.75, 3.05) is 33.8 Å². The van der Waals surface area contributed by atoms with Gasteiger partial charge < -0.3 is 28.8 Å². The van der Waals surface area contributed by atoms with Crippen molar-refractivity contribution in [1.29, 1.82) is 0 Å². The zero-order valence-electron chi connectivity index (χ0n) is 21.9. The predicted molar refractivity (Wildman–Crippen MR) is 148 cm³/mol. The van der Waals surface area contributed by atoms with Crippen LogP contribution in [-0.2, 0) is 16.9 Å². The average molecular weight is 572 g/mol. The van der Waals surface area contributed by atoms with Gasteiger partial charge in [0.05, 0.1) is 61.2 Å². The molecular weight excluding hydrogens is 546 g/mol. The number of hydrogen-bond acceptors (Lipinski definition) is 10. The third-order valence-electron chi connectivity index (χ3n) is 5.55. The average Bonchev–Trinajstić information content (AvgIpc) is 2.95. The number of nitro benzene ring substituents is 2. The number of amides is 1. The molecule has 0 heterocycles. The van der Waals surface area contributed by atoms with Crippen LogP contribution < -0.4 is 24.3 Å². The molecule has 3 aromatic carbocycles. The summed E-state index contributed by atoms with van der Waals surface area (Å²) in [6.07, 6.45) is 1.61. The van der Waals surface area contributed by atoms with Gasteiger partial charge >= 0.3 is 0 Å². The van der Waals surface area contributed by atoms with Crippen molar-refractivity contribution in [2.24, 2.45) is 0 Å². The summed E-state index contributed by atoms with van der Waals surface area (Å²) < 4.78 is 34.2. The molecule has 3 aromatic rings. The summed E-state index contributed by atoms with van der Waals surface area (Å²) in [6, 6.07) is 10.7. The third-order valence-corrected chi connectivity index (χ3v) is 6.60. The first-order valence-electron chi connectivity index (χ1n) is 11.4. The maximum absolute atomic E-state index is 12.9. The first-order valence-corrected chi connectivity index (χ1v) is 12.8. The number of anilines is 1. The first kappa shape index (κ1) is 29.7. The molecule has 1 N–H and O–H groups in total. The molecule has 0 aliphatic rings. The van der Waals surface area contributed by atoms with Crippen LogP contribution in [0.3, 0.4) is 0 Å². The fourth-order valence-corrected chi connectivity index (χ4v) is 4.52. The van der Waals surface area contributed by atoms with E-state index < -0.39 is 38.3 Å². The zero-order chi connectivity index (χ0) is 29.4. The van der Waals surface area contributed by atoms with Gasteiger partial charge in [-0.25, -0.2) is 0 Å². The van der Waals surface area contributed by atoms with E-state index in [1.54, 1.807) is 30.3 Å². The van der Waals surface area contributed by atoms with Gasteiger partial charge in [0, 0.05) is 35.9 Å². The zero-order valence-corrected chi connectivity index (χ0v) is 22.7. The highest BCUT2D eigenvalue weighted by Gasteiger charge is 2.21. The summed E-state index contributed by atoms with van der Waals surface area (Å²) in [5.41, 5.74) is -0.189. The second-order valence-electron chi connectivity index (χ2n) is 8.01. The SMILES string of the molecule is COc1cc(OC)c(/C=C/[S+]([O-])Cc2ccc(OC)c(NC(=O)c3cc([N+](=O)[O-])cc([N+](=O)[O-])c3)c2)c(OC)c1. The molecule has 0 aliphatic carbocycles. The molecule has 40 heavy (non-hydrogen) atoms. The molecule has 0 bridgehead atoms. The van der Waals surface area contributed by atoms with E-state index in [0.29, 0.717) is 28.4 Å². The topological polar surface area (TPSA) is 175 Å². The van der Waals surface area contributed by atoms with Gasteiger partial charge in [0.25, 0.3) is 17.3 Å². The lowest BCUT2D eigenvalue weighted by molar-refractivity contribution is -0.394. The molecule has 0 saturated heterocycles. The molecule has 3 rings (SSSR count). The van der Waals surface area contributed by atoms with Crippen LogP contribution in [0.15, 0.2) is 53.9 Å². The van der Waals surface area contributed by atoms with Crippen LogP contribution in [-0.4, -0.2) is 48.7 Å². The number of ether oxygens (including phenoxy) is 4. The van der Waals surface area contributed by atoms with E-state index in [1.165, 1.54) is 39.9 Å². The number of nitro groups is 2. The van der Waals surface area contributed by atoms with Crippen LogP contribution in [0.1, 0.15) is 21.5 Å². The van der Waals surface area contributed by atoms with Crippen molar-refractivity contribution in [3.8, 4) is 23.0 Å². The van der Waals surface area contributed by atoms with Gasteiger partial charge in [-0.3, -0.25) is 25.0 Å². The molecule has 14 heteroatoms. The predicted octanol–water partition coefficient (Wildman–Crippen LogP) is 4.71. The van der Waals surface area contributed by atoms with Gasteiger partial charge in [0.1, 0.15) is 34.2 Å². The number of benzene rings is 3.